The highest BCUT2D eigenvalue weighted by Crippen LogP contribution is 2.25. The van der Waals surface area contributed by atoms with Gasteiger partial charge in [-0.1, -0.05) is 93.0 Å². The van der Waals surface area contributed by atoms with Crippen molar-refractivity contribution in [3.05, 3.63) is 29.5 Å². The SMILES string of the molecule is C=C(C)[C@H](NC(C=O)(CC(C)C)N(C)C(=O)C(C)N(C)C(=O)[C@H](CCC)NC(=O)CC(C)[C@H](C)C/C=C/C)C(=O)N(C)[C@@H](CC(C)C)C(=O)NC(C)C(=O)NC(C)C(=O)[N+](=C)[C@@H](CC(C)C)[NH+](C)[O-]. The van der Waals surface area contributed by atoms with Crippen LogP contribution < -0.4 is 26.3 Å². The number of nitrogens with zero attached hydrogens (tertiary/aromatic N) is 4. The van der Waals surface area contributed by atoms with Gasteiger partial charge in [0.05, 0.1) is 13.5 Å². The minimum atomic E-state index is -1.81. The molecule has 0 radical (unpaired) electrons. The first-order valence-corrected chi connectivity index (χ1v) is 24.7. The zero-order valence-electron chi connectivity index (χ0n) is 45.5. The van der Waals surface area contributed by atoms with Gasteiger partial charge < -0.3 is 40.9 Å². The van der Waals surface area contributed by atoms with Gasteiger partial charge in [-0.3, -0.25) is 38.9 Å². The monoisotopic (exact) mass is 975 g/mol. The van der Waals surface area contributed by atoms with Crippen molar-refractivity contribution in [1.82, 2.24) is 36.0 Å². The molecule has 0 rings (SSSR count). The average Bonchev–Trinajstić information content (AvgIpc) is 3.27. The lowest BCUT2D eigenvalue weighted by Crippen LogP contribution is -3.10. The Kier molecular flexibility index (Phi) is 28.0. The minimum Gasteiger partial charge on any atom is -0.630 e. The summed E-state index contributed by atoms with van der Waals surface area (Å²) in [6, 6.07) is -6.64. The molecule has 0 saturated carbocycles. The van der Waals surface area contributed by atoms with E-state index in [1.165, 1.54) is 63.7 Å². The zero-order valence-corrected chi connectivity index (χ0v) is 45.5. The van der Waals surface area contributed by atoms with Crippen molar-refractivity contribution in [2.45, 2.75) is 190 Å². The molecule has 394 valence electrons. The number of rotatable bonds is 31. The summed E-state index contributed by atoms with van der Waals surface area (Å²) in [5.41, 5.74) is -1.53. The number of hydroxylamine groups is 2. The van der Waals surface area contributed by atoms with Gasteiger partial charge in [0.15, 0.2) is 18.0 Å². The van der Waals surface area contributed by atoms with Crippen LogP contribution in [0.15, 0.2) is 24.3 Å². The van der Waals surface area contributed by atoms with Crippen LogP contribution in [0.2, 0.25) is 0 Å². The fraction of sp³-hybridized carbons (Fsp3) is 0.745. The van der Waals surface area contributed by atoms with Crippen molar-refractivity contribution in [3.8, 4) is 0 Å². The van der Waals surface area contributed by atoms with Crippen LogP contribution in [-0.4, -0.2) is 150 Å². The molecule has 5 N–H and O–H groups in total. The van der Waals surface area contributed by atoms with Crippen LogP contribution in [0, 0.1) is 34.8 Å². The number of nitrogens with one attached hydrogen (secondary N) is 5. The molecule has 0 fully saturated rings. The lowest BCUT2D eigenvalue weighted by molar-refractivity contribution is -0.943. The second-order valence-corrected chi connectivity index (χ2v) is 20.6. The Morgan fingerprint density at radius 2 is 1.32 bits per heavy atom. The highest BCUT2D eigenvalue weighted by atomic mass is 16.5. The number of allylic oxidation sites excluding steroid dienone is 2. The first kappa shape index (κ1) is 64.2. The van der Waals surface area contributed by atoms with Gasteiger partial charge in [0.1, 0.15) is 36.9 Å². The molecule has 18 nitrogen and oxygen atoms in total. The maximum absolute atomic E-state index is 14.6. The summed E-state index contributed by atoms with van der Waals surface area (Å²) in [5.74, 6) is -3.79. The Hall–Kier alpha value is -4.81. The molecule has 69 heavy (non-hydrogen) atoms. The molecule has 0 spiro atoms. The third kappa shape index (κ3) is 19.8. The highest BCUT2D eigenvalue weighted by Gasteiger charge is 2.45. The third-order valence-electron chi connectivity index (χ3n) is 12.8. The standard InChI is InChI=1S/C51H91N9O9/c1-21-23-25-35(11)36(12)28-42(62)54-40(24-22-2)49(67)56(16)39(15)48(66)59(19)51(30-61,29-33(7)8)55-44(34(9)10)50(68)57(17)41(26-31(3)4)46(64)52-37(13)45(63)53-38(14)47(65)58(18)43(60(20)69)27-32(5)6/h21,23,30-33,35-41,43-44,55,60H,9,18,22,24-29H2,1-8,10-17,19-20H3,(H2-,52,53,54,62,63,64)/p+1/b23-21+/t35-,36?,37?,38?,39?,40+,41+,43-,44+,51?/m1/s1. The van der Waals surface area contributed by atoms with Crippen LogP contribution in [0.25, 0.3) is 0 Å². The molecule has 0 bridgehead atoms. The Balaban J connectivity index is 6.58. The Morgan fingerprint density at radius 1 is 0.768 bits per heavy atom. The van der Waals surface area contributed by atoms with Crippen LogP contribution in [-0.2, 0) is 38.4 Å². The Morgan fingerprint density at radius 3 is 1.78 bits per heavy atom. The molecule has 6 unspecified atom stereocenters. The number of hydrogen-bond acceptors (Lipinski definition) is 10. The molecule has 0 aliphatic rings. The molecule has 7 amide bonds. The van der Waals surface area contributed by atoms with Crippen LogP contribution in [0.1, 0.15) is 142 Å². The van der Waals surface area contributed by atoms with E-state index in [0.29, 0.717) is 25.5 Å². The van der Waals surface area contributed by atoms with E-state index in [1.807, 2.05) is 68.4 Å². The summed E-state index contributed by atoms with van der Waals surface area (Å²) in [6.45, 7) is 33.0. The topological polar surface area (TPSA) is 225 Å². The van der Waals surface area contributed by atoms with Crippen molar-refractivity contribution < 1.29 is 48.0 Å². The first-order valence-electron chi connectivity index (χ1n) is 24.7. The zero-order chi connectivity index (χ0) is 53.8. The average molecular weight is 975 g/mol. The molecular formula is C51H92N9O9+. The highest BCUT2D eigenvalue weighted by molar-refractivity contribution is 5.96. The van der Waals surface area contributed by atoms with Gasteiger partial charge in [0.2, 0.25) is 35.4 Å². The minimum absolute atomic E-state index is 0.0471. The summed E-state index contributed by atoms with van der Waals surface area (Å²) in [5, 5.41) is 23.4. The molecule has 0 aromatic carbocycles. The smallest absolute Gasteiger partial charge is 0.413 e. The Bertz CT molecular complexity index is 1800. The van der Waals surface area contributed by atoms with Crippen molar-refractivity contribution in [2.75, 3.05) is 28.2 Å². The number of aldehydes is 1. The summed E-state index contributed by atoms with van der Waals surface area (Å²) < 4.78 is 1.08. The number of hydrogen-bond donors (Lipinski definition) is 5. The van der Waals surface area contributed by atoms with E-state index in [-0.39, 0.29) is 65.4 Å². The van der Waals surface area contributed by atoms with Gasteiger partial charge in [0.25, 0.3) is 6.17 Å². The molecular weight excluding hydrogens is 883 g/mol. The predicted octanol–water partition coefficient (Wildman–Crippen LogP) is 3.19. The van der Waals surface area contributed by atoms with Crippen molar-refractivity contribution in [1.29, 1.82) is 0 Å². The van der Waals surface area contributed by atoms with Gasteiger partial charge in [-0.25, -0.2) is 4.79 Å². The summed E-state index contributed by atoms with van der Waals surface area (Å²) >= 11 is 0. The lowest BCUT2D eigenvalue weighted by Gasteiger charge is -2.44. The van der Waals surface area contributed by atoms with Crippen molar-refractivity contribution in [3.63, 3.8) is 0 Å². The maximum Gasteiger partial charge on any atom is 0.413 e. The van der Waals surface area contributed by atoms with Gasteiger partial charge in [-0.15, -0.1) is 4.58 Å². The molecule has 0 aliphatic heterocycles. The van der Waals surface area contributed by atoms with E-state index in [9.17, 15) is 43.6 Å². The second-order valence-electron chi connectivity index (χ2n) is 20.6. The van der Waals surface area contributed by atoms with Crippen molar-refractivity contribution in [2.24, 2.45) is 29.6 Å². The van der Waals surface area contributed by atoms with E-state index in [4.69, 9.17) is 0 Å². The lowest BCUT2D eigenvalue weighted by atomic mass is 9.89. The van der Waals surface area contributed by atoms with Gasteiger partial charge >= 0.3 is 5.91 Å². The quantitative estimate of drug-likeness (QED) is 0.0170. The normalized spacial score (nSPS) is 17.0. The predicted molar refractivity (Wildman–Crippen MR) is 271 cm³/mol. The second kappa shape index (κ2) is 30.0. The maximum atomic E-state index is 14.6. The number of likely N-dealkylation sites (N-methyl/N-ethyl adjacent to an activating group) is 3. The largest absolute Gasteiger partial charge is 0.630 e. The van der Waals surface area contributed by atoms with E-state index in [0.717, 1.165) is 11.0 Å². The van der Waals surface area contributed by atoms with Crippen LogP contribution in [0.5, 0.6) is 0 Å². The van der Waals surface area contributed by atoms with Crippen LogP contribution in [0.3, 0.4) is 0 Å². The van der Waals surface area contributed by atoms with Gasteiger partial charge in [-0.05, 0) is 89.9 Å². The number of carbonyl (C=O) groups is 8. The number of quaternary nitrogens is 1. The fourth-order valence-corrected chi connectivity index (χ4v) is 8.06. The first-order chi connectivity index (χ1) is 31.8. The van der Waals surface area contributed by atoms with E-state index >= 15 is 0 Å². The summed E-state index contributed by atoms with van der Waals surface area (Å²) in [6.07, 6.45) is 6.43. The summed E-state index contributed by atoms with van der Waals surface area (Å²) in [7, 11) is 5.71. The van der Waals surface area contributed by atoms with E-state index in [2.05, 4.69) is 47.6 Å². The molecule has 0 saturated heterocycles. The van der Waals surface area contributed by atoms with Crippen LogP contribution >= 0.6 is 0 Å². The molecule has 11 atom stereocenters. The third-order valence-corrected chi connectivity index (χ3v) is 12.8. The molecule has 0 aromatic rings. The van der Waals surface area contributed by atoms with Gasteiger partial charge in [0, 0.05) is 27.6 Å². The molecule has 0 aliphatic carbocycles. The van der Waals surface area contributed by atoms with Crippen LogP contribution in [0.4, 0.5) is 0 Å². The fourth-order valence-electron chi connectivity index (χ4n) is 8.06. The van der Waals surface area contributed by atoms with E-state index in [1.54, 1.807) is 6.92 Å². The molecule has 0 aromatic heterocycles. The van der Waals surface area contributed by atoms with Gasteiger partial charge in [-0.2, -0.15) is 0 Å². The summed E-state index contributed by atoms with van der Waals surface area (Å²) in [4.78, 5) is 114. The van der Waals surface area contributed by atoms with Crippen molar-refractivity contribution >= 4 is 54.4 Å². The number of carbonyl (C=O) groups excluding carboxylic acids is 8. The van der Waals surface area contributed by atoms with E-state index < -0.39 is 83.5 Å². The Labute approximate surface area is 414 Å². The molecule has 0 heterocycles. The molecule has 18 heteroatoms. The number of amides is 7.